The van der Waals surface area contributed by atoms with E-state index in [-0.39, 0.29) is 0 Å². The second-order valence-electron chi connectivity index (χ2n) is 3.32. The molecule has 12 heavy (non-hydrogen) atoms. The van der Waals surface area contributed by atoms with E-state index in [2.05, 4.69) is 16.9 Å². The van der Waals surface area contributed by atoms with E-state index in [1.54, 1.807) is 0 Å². The topological polar surface area (TPSA) is 24.1 Å². The van der Waals surface area contributed by atoms with Gasteiger partial charge in [-0.05, 0) is 38.6 Å². The van der Waals surface area contributed by atoms with E-state index in [1.807, 2.05) is 11.8 Å². The third-order valence-corrected chi connectivity index (χ3v) is 2.93. The lowest BCUT2D eigenvalue weighted by atomic mass is 10.1. The highest BCUT2D eigenvalue weighted by Crippen LogP contribution is 2.04. The number of hydrogen-bond donors (Lipinski definition) is 2. The molecule has 2 N–H and O–H groups in total. The van der Waals surface area contributed by atoms with E-state index in [1.165, 1.54) is 44.6 Å². The first-order valence-corrected chi connectivity index (χ1v) is 6.26. The second kappa shape index (κ2) is 6.75. The first-order chi connectivity index (χ1) is 5.93. The third-order valence-electron chi connectivity index (χ3n) is 2.31. The summed E-state index contributed by atoms with van der Waals surface area (Å²) in [6, 6.07) is 0.771. The Hall–Kier alpha value is 0.270. The normalized spacial score (nSPS) is 25.2. The lowest BCUT2D eigenvalue weighted by Gasteiger charge is -2.14. The Morgan fingerprint density at radius 1 is 1.42 bits per heavy atom. The van der Waals surface area contributed by atoms with E-state index in [4.69, 9.17) is 0 Å². The summed E-state index contributed by atoms with van der Waals surface area (Å²) in [7, 11) is 0. The van der Waals surface area contributed by atoms with Crippen molar-refractivity contribution in [2.45, 2.75) is 25.3 Å². The molecule has 2 nitrogen and oxygen atoms in total. The molecular formula is C9H20N2S. The zero-order valence-corrected chi connectivity index (χ0v) is 8.75. The third kappa shape index (κ3) is 4.33. The Morgan fingerprint density at radius 2 is 2.33 bits per heavy atom. The Bertz CT molecular complexity index is 101. The zero-order valence-electron chi connectivity index (χ0n) is 7.94. The van der Waals surface area contributed by atoms with Gasteiger partial charge < -0.3 is 10.6 Å². The molecule has 0 radical (unpaired) electrons. The summed E-state index contributed by atoms with van der Waals surface area (Å²) in [4.78, 5) is 0. The number of rotatable bonds is 4. The summed E-state index contributed by atoms with van der Waals surface area (Å²) in [6.45, 7) is 3.57. The highest BCUT2D eigenvalue weighted by atomic mass is 32.2. The van der Waals surface area contributed by atoms with Crippen LogP contribution in [0.2, 0.25) is 0 Å². The Kier molecular flexibility index (Phi) is 5.82. The molecule has 0 aromatic rings. The molecule has 0 bridgehead atoms. The smallest absolute Gasteiger partial charge is 0.00799 e. The minimum atomic E-state index is 0.771. The summed E-state index contributed by atoms with van der Waals surface area (Å²) < 4.78 is 0. The van der Waals surface area contributed by atoms with Crippen molar-refractivity contribution in [3.05, 3.63) is 0 Å². The highest BCUT2D eigenvalue weighted by molar-refractivity contribution is 7.98. The van der Waals surface area contributed by atoms with Crippen molar-refractivity contribution < 1.29 is 0 Å². The summed E-state index contributed by atoms with van der Waals surface area (Å²) in [5.41, 5.74) is 0. The van der Waals surface area contributed by atoms with Gasteiger partial charge in [0.1, 0.15) is 0 Å². The van der Waals surface area contributed by atoms with Crippen molar-refractivity contribution in [3.63, 3.8) is 0 Å². The van der Waals surface area contributed by atoms with Gasteiger partial charge in [-0.15, -0.1) is 0 Å². The highest BCUT2D eigenvalue weighted by Gasteiger charge is 2.09. The van der Waals surface area contributed by atoms with E-state index in [0.29, 0.717) is 0 Å². The van der Waals surface area contributed by atoms with E-state index in [9.17, 15) is 0 Å². The van der Waals surface area contributed by atoms with Gasteiger partial charge in [0, 0.05) is 18.3 Å². The first kappa shape index (κ1) is 10.4. The van der Waals surface area contributed by atoms with Crippen molar-refractivity contribution in [3.8, 4) is 0 Å². The lowest BCUT2D eigenvalue weighted by molar-refractivity contribution is 0.484. The Morgan fingerprint density at radius 3 is 3.17 bits per heavy atom. The molecular weight excluding hydrogens is 168 g/mol. The van der Waals surface area contributed by atoms with Crippen LogP contribution in [0.5, 0.6) is 0 Å². The molecule has 0 aromatic carbocycles. The maximum atomic E-state index is 3.60. The minimum Gasteiger partial charge on any atom is -0.317 e. The number of thioether (sulfide) groups is 1. The van der Waals surface area contributed by atoms with Crippen molar-refractivity contribution >= 4 is 11.8 Å². The van der Waals surface area contributed by atoms with Gasteiger partial charge in [-0.3, -0.25) is 0 Å². The van der Waals surface area contributed by atoms with Crippen LogP contribution in [0.15, 0.2) is 0 Å². The predicted octanol–water partition coefficient (Wildman–Crippen LogP) is 1.08. The first-order valence-electron chi connectivity index (χ1n) is 4.86. The minimum absolute atomic E-state index is 0.771. The molecule has 72 valence electrons. The van der Waals surface area contributed by atoms with Crippen LogP contribution in [-0.2, 0) is 0 Å². The Balaban J connectivity index is 2.04. The predicted molar refractivity (Wildman–Crippen MR) is 56.9 cm³/mol. The second-order valence-corrected chi connectivity index (χ2v) is 4.31. The van der Waals surface area contributed by atoms with Crippen molar-refractivity contribution in [2.75, 3.05) is 31.6 Å². The van der Waals surface area contributed by atoms with Gasteiger partial charge in [-0.1, -0.05) is 0 Å². The summed E-state index contributed by atoms with van der Waals surface area (Å²) in [6.07, 6.45) is 6.14. The maximum absolute atomic E-state index is 3.60. The van der Waals surface area contributed by atoms with Crippen LogP contribution in [0.25, 0.3) is 0 Å². The van der Waals surface area contributed by atoms with E-state index < -0.39 is 0 Å². The van der Waals surface area contributed by atoms with Gasteiger partial charge in [0.2, 0.25) is 0 Å². The average molecular weight is 188 g/mol. The fraction of sp³-hybridized carbons (Fsp3) is 1.00. The lowest BCUT2D eigenvalue weighted by Crippen LogP contribution is -2.31. The molecule has 1 atom stereocenters. The van der Waals surface area contributed by atoms with Crippen LogP contribution in [-0.4, -0.2) is 37.7 Å². The van der Waals surface area contributed by atoms with Gasteiger partial charge in [-0.2, -0.15) is 11.8 Å². The monoisotopic (exact) mass is 188 g/mol. The molecule has 0 spiro atoms. The van der Waals surface area contributed by atoms with Gasteiger partial charge in [-0.25, -0.2) is 0 Å². The SMILES string of the molecule is CSCCNC1CCCNCC1. The molecule has 1 fully saturated rings. The van der Waals surface area contributed by atoms with Crippen LogP contribution in [0.1, 0.15) is 19.3 Å². The average Bonchev–Trinajstić information content (AvgIpc) is 2.33. The van der Waals surface area contributed by atoms with Crippen LogP contribution in [0.4, 0.5) is 0 Å². The van der Waals surface area contributed by atoms with Crippen molar-refractivity contribution in [1.29, 1.82) is 0 Å². The standard InChI is InChI=1S/C9H20N2S/c1-12-8-7-11-9-3-2-5-10-6-4-9/h9-11H,2-8H2,1H3. The van der Waals surface area contributed by atoms with Crippen LogP contribution in [0, 0.1) is 0 Å². The molecule has 1 rings (SSSR count). The summed E-state index contributed by atoms with van der Waals surface area (Å²) in [5, 5.41) is 7.02. The maximum Gasteiger partial charge on any atom is 0.00799 e. The van der Waals surface area contributed by atoms with Gasteiger partial charge in [0.15, 0.2) is 0 Å². The zero-order chi connectivity index (χ0) is 8.65. The molecule has 0 saturated carbocycles. The molecule has 1 aliphatic heterocycles. The van der Waals surface area contributed by atoms with Gasteiger partial charge in [0.05, 0.1) is 0 Å². The van der Waals surface area contributed by atoms with Crippen LogP contribution in [0.3, 0.4) is 0 Å². The molecule has 1 saturated heterocycles. The molecule has 1 heterocycles. The van der Waals surface area contributed by atoms with Gasteiger partial charge in [0.25, 0.3) is 0 Å². The van der Waals surface area contributed by atoms with Crippen LogP contribution < -0.4 is 10.6 Å². The van der Waals surface area contributed by atoms with Crippen LogP contribution >= 0.6 is 11.8 Å². The van der Waals surface area contributed by atoms with E-state index in [0.717, 1.165) is 6.04 Å². The molecule has 0 amide bonds. The molecule has 3 heteroatoms. The molecule has 1 aliphatic rings. The molecule has 0 aliphatic carbocycles. The molecule has 0 aromatic heterocycles. The summed E-state index contributed by atoms with van der Waals surface area (Å²) >= 11 is 1.92. The quantitative estimate of drug-likeness (QED) is 0.646. The molecule has 1 unspecified atom stereocenters. The van der Waals surface area contributed by atoms with E-state index >= 15 is 0 Å². The fourth-order valence-corrected chi connectivity index (χ4v) is 1.91. The fourth-order valence-electron chi connectivity index (χ4n) is 1.59. The summed E-state index contributed by atoms with van der Waals surface area (Å²) in [5.74, 6) is 1.24. The number of nitrogens with one attached hydrogen (secondary N) is 2. The largest absolute Gasteiger partial charge is 0.317 e. The van der Waals surface area contributed by atoms with Gasteiger partial charge >= 0.3 is 0 Å². The van der Waals surface area contributed by atoms with Crippen molar-refractivity contribution in [1.82, 2.24) is 10.6 Å². The number of hydrogen-bond acceptors (Lipinski definition) is 3. The Labute approximate surface area is 79.9 Å². The van der Waals surface area contributed by atoms with Crippen molar-refractivity contribution in [2.24, 2.45) is 0 Å².